The van der Waals surface area contributed by atoms with E-state index in [1.807, 2.05) is 12.1 Å². The van der Waals surface area contributed by atoms with Crippen LogP contribution in [0.25, 0.3) is 0 Å². The van der Waals surface area contributed by atoms with Gasteiger partial charge in [0.25, 0.3) is 0 Å². The molecule has 2 aliphatic heterocycles. The van der Waals surface area contributed by atoms with Gasteiger partial charge >= 0.3 is 0 Å². The molecule has 0 saturated carbocycles. The van der Waals surface area contributed by atoms with E-state index in [0.717, 1.165) is 30.2 Å². The quantitative estimate of drug-likeness (QED) is 0.902. The number of piperazine rings is 1. The van der Waals surface area contributed by atoms with Crippen LogP contribution in [-0.2, 0) is 6.54 Å². The number of benzene rings is 1. The topological polar surface area (TPSA) is 15.3 Å². The van der Waals surface area contributed by atoms with E-state index < -0.39 is 0 Å². The molecule has 0 unspecified atom stereocenters. The Morgan fingerprint density at radius 3 is 2.76 bits per heavy atom. The van der Waals surface area contributed by atoms with Crippen molar-refractivity contribution in [1.82, 2.24) is 10.2 Å². The third kappa shape index (κ3) is 3.27. The largest absolute Gasteiger partial charge is 0.311 e. The third-order valence-corrected chi connectivity index (χ3v) is 3.68. The first-order valence-corrected chi connectivity index (χ1v) is 5.91. The maximum atomic E-state index is 5.98. The summed E-state index contributed by atoms with van der Waals surface area (Å²) >= 11 is 5.98. The van der Waals surface area contributed by atoms with Crippen molar-refractivity contribution in [3.05, 3.63) is 34.9 Å². The molecule has 5 heteroatoms. The Bertz CT molecular complexity index is 373. The fraction of sp³-hybridized carbons (Fsp3) is 0.500. The number of likely N-dealkylation sites (tertiary alicyclic amines) is 1. The van der Waals surface area contributed by atoms with Crippen LogP contribution in [0.1, 0.15) is 12.0 Å². The van der Waals surface area contributed by atoms with Crippen molar-refractivity contribution in [1.29, 1.82) is 0 Å². The second kappa shape index (κ2) is 6.26. The van der Waals surface area contributed by atoms with Crippen LogP contribution in [0.3, 0.4) is 0 Å². The van der Waals surface area contributed by atoms with Crippen molar-refractivity contribution in [3.63, 3.8) is 0 Å². The SMILES string of the molecule is Cl.Cl.Clc1cccc(CN2C[C@H]3C[C@@H]2CN3)c1. The lowest BCUT2D eigenvalue weighted by atomic mass is 10.2. The summed E-state index contributed by atoms with van der Waals surface area (Å²) in [4.78, 5) is 2.56. The summed E-state index contributed by atoms with van der Waals surface area (Å²) in [6.07, 6.45) is 1.32. The van der Waals surface area contributed by atoms with Gasteiger partial charge in [-0.25, -0.2) is 0 Å². The second-order valence-corrected chi connectivity index (χ2v) is 4.99. The van der Waals surface area contributed by atoms with E-state index in [1.54, 1.807) is 0 Å². The highest BCUT2D eigenvalue weighted by atomic mass is 35.5. The minimum atomic E-state index is 0. The summed E-state index contributed by atoms with van der Waals surface area (Å²) in [5, 5.41) is 4.36. The molecule has 3 rings (SSSR count). The highest BCUT2D eigenvalue weighted by Crippen LogP contribution is 2.25. The minimum absolute atomic E-state index is 0. The van der Waals surface area contributed by atoms with E-state index in [9.17, 15) is 0 Å². The Labute approximate surface area is 120 Å². The first-order valence-electron chi connectivity index (χ1n) is 5.53. The molecule has 2 aliphatic rings. The highest BCUT2D eigenvalue weighted by molar-refractivity contribution is 6.30. The fourth-order valence-corrected chi connectivity index (χ4v) is 2.92. The molecule has 0 aliphatic carbocycles. The van der Waals surface area contributed by atoms with Gasteiger partial charge in [0.2, 0.25) is 0 Å². The number of nitrogens with one attached hydrogen (secondary N) is 1. The van der Waals surface area contributed by atoms with Crippen LogP contribution in [0, 0.1) is 0 Å². The minimum Gasteiger partial charge on any atom is -0.311 e. The van der Waals surface area contributed by atoms with Crippen LogP contribution in [-0.4, -0.2) is 30.1 Å². The van der Waals surface area contributed by atoms with Gasteiger partial charge in [0.15, 0.2) is 0 Å². The number of halogens is 3. The molecule has 1 N–H and O–H groups in total. The number of rotatable bonds is 2. The Balaban J connectivity index is 0.000000722. The summed E-state index contributed by atoms with van der Waals surface area (Å²) in [5.41, 5.74) is 1.33. The van der Waals surface area contributed by atoms with E-state index in [1.165, 1.54) is 18.5 Å². The summed E-state index contributed by atoms with van der Waals surface area (Å²) in [6.45, 7) is 3.39. The number of hydrogen-bond acceptors (Lipinski definition) is 2. The van der Waals surface area contributed by atoms with Crippen molar-refractivity contribution in [2.24, 2.45) is 0 Å². The predicted molar refractivity (Wildman–Crippen MR) is 76.6 cm³/mol. The molecular weight excluding hydrogens is 279 g/mol. The van der Waals surface area contributed by atoms with E-state index in [4.69, 9.17) is 11.6 Å². The Morgan fingerprint density at radius 2 is 2.18 bits per heavy atom. The number of nitrogens with zero attached hydrogens (tertiary/aromatic N) is 1. The van der Waals surface area contributed by atoms with Crippen LogP contribution in [0.2, 0.25) is 5.02 Å². The summed E-state index contributed by atoms with van der Waals surface area (Å²) in [7, 11) is 0. The molecule has 0 spiro atoms. The number of hydrogen-bond donors (Lipinski definition) is 1. The lowest BCUT2D eigenvalue weighted by Crippen LogP contribution is -2.42. The lowest BCUT2D eigenvalue weighted by Gasteiger charge is -2.27. The Kier molecular flexibility index (Phi) is 5.55. The number of fused-ring (bicyclic) bond motifs is 2. The van der Waals surface area contributed by atoms with Gasteiger partial charge in [-0.15, -0.1) is 24.8 Å². The lowest BCUT2D eigenvalue weighted by molar-refractivity contribution is 0.218. The zero-order chi connectivity index (χ0) is 10.3. The fourth-order valence-electron chi connectivity index (χ4n) is 2.71. The Hall–Kier alpha value is 0.01000. The average molecular weight is 296 g/mol. The molecule has 2 fully saturated rings. The van der Waals surface area contributed by atoms with Crippen LogP contribution >= 0.6 is 36.4 Å². The van der Waals surface area contributed by atoms with Crippen molar-refractivity contribution < 1.29 is 0 Å². The van der Waals surface area contributed by atoms with Crippen LogP contribution in [0.15, 0.2) is 24.3 Å². The molecule has 2 atom stereocenters. The molecule has 0 amide bonds. The molecule has 17 heavy (non-hydrogen) atoms. The molecule has 2 saturated heterocycles. The second-order valence-electron chi connectivity index (χ2n) is 4.55. The molecule has 0 aromatic heterocycles. The Morgan fingerprint density at radius 1 is 1.35 bits per heavy atom. The zero-order valence-corrected chi connectivity index (χ0v) is 11.8. The van der Waals surface area contributed by atoms with Crippen LogP contribution in [0.5, 0.6) is 0 Å². The molecule has 1 aromatic carbocycles. The molecule has 0 radical (unpaired) electrons. The first-order chi connectivity index (χ1) is 7.31. The zero-order valence-electron chi connectivity index (χ0n) is 9.43. The monoisotopic (exact) mass is 294 g/mol. The smallest absolute Gasteiger partial charge is 0.0409 e. The van der Waals surface area contributed by atoms with Gasteiger partial charge in [0.1, 0.15) is 0 Å². The van der Waals surface area contributed by atoms with Crippen molar-refractivity contribution >= 4 is 36.4 Å². The first kappa shape index (κ1) is 15.1. The summed E-state index contributed by atoms with van der Waals surface area (Å²) in [5.74, 6) is 0. The highest BCUT2D eigenvalue weighted by Gasteiger charge is 2.37. The van der Waals surface area contributed by atoms with Gasteiger partial charge in [-0.1, -0.05) is 23.7 Å². The molecular formula is C12H17Cl3N2. The molecule has 2 bridgehead atoms. The normalized spacial score (nSPS) is 26.4. The van der Waals surface area contributed by atoms with Crippen LogP contribution < -0.4 is 5.32 Å². The summed E-state index contributed by atoms with van der Waals surface area (Å²) < 4.78 is 0. The van der Waals surface area contributed by atoms with Gasteiger partial charge in [-0.2, -0.15) is 0 Å². The van der Waals surface area contributed by atoms with E-state index in [-0.39, 0.29) is 24.8 Å². The van der Waals surface area contributed by atoms with Crippen molar-refractivity contribution in [3.8, 4) is 0 Å². The van der Waals surface area contributed by atoms with E-state index in [0.29, 0.717) is 0 Å². The standard InChI is InChI=1S/C12H15ClN2.2ClH/c13-10-3-1-2-9(4-10)7-15-8-11-5-12(15)6-14-11;;/h1-4,11-12,14H,5-8H2;2*1H/t11-,12-;;/m1../s1. The maximum Gasteiger partial charge on any atom is 0.0409 e. The van der Waals surface area contributed by atoms with Crippen molar-refractivity contribution in [2.75, 3.05) is 13.1 Å². The van der Waals surface area contributed by atoms with Crippen molar-refractivity contribution in [2.45, 2.75) is 25.0 Å². The van der Waals surface area contributed by atoms with Gasteiger partial charge < -0.3 is 5.32 Å². The molecule has 96 valence electrons. The van der Waals surface area contributed by atoms with Gasteiger partial charge in [-0.3, -0.25) is 4.90 Å². The third-order valence-electron chi connectivity index (χ3n) is 3.44. The predicted octanol–water partition coefficient (Wildman–Crippen LogP) is 2.73. The van der Waals surface area contributed by atoms with Gasteiger partial charge in [0, 0.05) is 36.7 Å². The van der Waals surface area contributed by atoms with E-state index in [2.05, 4.69) is 22.3 Å². The summed E-state index contributed by atoms with van der Waals surface area (Å²) in [6, 6.07) is 9.67. The van der Waals surface area contributed by atoms with E-state index >= 15 is 0 Å². The molecule has 1 aromatic rings. The van der Waals surface area contributed by atoms with Crippen LogP contribution in [0.4, 0.5) is 0 Å². The average Bonchev–Trinajstić information content (AvgIpc) is 2.79. The maximum absolute atomic E-state index is 5.98. The van der Waals surface area contributed by atoms with Gasteiger partial charge in [-0.05, 0) is 24.1 Å². The molecule has 2 nitrogen and oxygen atoms in total. The molecule has 2 heterocycles. The van der Waals surface area contributed by atoms with Gasteiger partial charge in [0.05, 0.1) is 0 Å².